The Morgan fingerprint density at radius 2 is 1.81 bits per heavy atom. The zero-order valence-corrected chi connectivity index (χ0v) is 16.8. The van der Waals surface area contributed by atoms with Crippen molar-refractivity contribution in [3.05, 3.63) is 64.7 Å². The molecule has 2 rings (SSSR count). The zero-order valence-electron chi connectivity index (χ0n) is 16.1. The quantitative estimate of drug-likeness (QED) is 0.500. The highest BCUT2D eigenvalue weighted by atomic mass is 35.5. The monoisotopic (exact) mass is 386 g/mol. The summed E-state index contributed by atoms with van der Waals surface area (Å²) in [6.07, 6.45) is 0.867. The topological polar surface area (TPSA) is 65.5 Å². The number of guanidine groups is 1. The molecule has 5 nitrogen and oxygen atoms in total. The maximum absolute atomic E-state index is 11.7. The third-order valence-electron chi connectivity index (χ3n) is 4.02. The molecule has 0 fully saturated rings. The van der Waals surface area contributed by atoms with Gasteiger partial charge in [0.1, 0.15) is 0 Å². The lowest BCUT2D eigenvalue weighted by atomic mass is 10.1. The molecular weight excluding hydrogens is 360 g/mol. The number of halogens is 1. The summed E-state index contributed by atoms with van der Waals surface area (Å²) in [5.74, 6) is 0.729. The SMILES string of the molecule is CN=C(NCCc1cccc(Cl)c1)NCc1ccc(NC(=O)C(C)C)cc1. The van der Waals surface area contributed by atoms with E-state index in [4.69, 9.17) is 11.6 Å². The Morgan fingerprint density at radius 3 is 2.44 bits per heavy atom. The van der Waals surface area contributed by atoms with Crippen LogP contribution in [0.15, 0.2) is 53.5 Å². The van der Waals surface area contributed by atoms with Crippen LogP contribution < -0.4 is 16.0 Å². The number of amides is 1. The molecule has 0 radical (unpaired) electrons. The molecule has 27 heavy (non-hydrogen) atoms. The third-order valence-corrected chi connectivity index (χ3v) is 4.26. The number of nitrogens with zero attached hydrogens (tertiary/aromatic N) is 1. The summed E-state index contributed by atoms with van der Waals surface area (Å²) in [5.41, 5.74) is 3.10. The van der Waals surface area contributed by atoms with E-state index in [0.29, 0.717) is 6.54 Å². The van der Waals surface area contributed by atoms with Gasteiger partial charge in [0.15, 0.2) is 5.96 Å². The number of hydrogen-bond acceptors (Lipinski definition) is 2. The standard InChI is InChI=1S/C21H27ClN4O/c1-15(2)20(27)26-19-9-7-17(8-10-19)14-25-21(23-3)24-12-11-16-5-4-6-18(22)13-16/h4-10,13,15H,11-12,14H2,1-3H3,(H,26,27)(H2,23,24,25). The molecular formula is C21H27ClN4O. The number of carbonyl (C=O) groups is 1. The van der Waals surface area contributed by atoms with Crippen molar-refractivity contribution in [3.8, 4) is 0 Å². The third kappa shape index (κ3) is 7.31. The molecule has 0 saturated carbocycles. The van der Waals surface area contributed by atoms with Crippen LogP contribution >= 0.6 is 11.6 Å². The van der Waals surface area contributed by atoms with Crippen molar-refractivity contribution in [1.29, 1.82) is 0 Å². The molecule has 6 heteroatoms. The Bertz CT molecular complexity index is 772. The smallest absolute Gasteiger partial charge is 0.226 e. The van der Waals surface area contributed by atoms with Crippen LogP contribution in [0, 0.1) is 5.92 Å². The molecule has 0 heterocycles. The van der Waals surface area contributed by atoms with Gasteiger partial charge in [0.05, 0.1) is 0 Å². The molecule has 2 aromatic rings. The fourth-order valence-corrected chi connectivity index (χ4v) is 2.63. The van der Waals surface area contributed by atoms with E-state index in [-0.39, 0.29) is 11.8 Å². The first-order chi connectivity index (χ1) is 13.0. The van der Waals surface area contributed by atoms with Crippen molar-refractivity contribution < 1.29 is 4.79 Å². The average Bonchev–Trinajstić information content (AvgIpc) is 2.65. The largest absolute Gasteiger partial charge is 0.356 e. The second-order valence-electron chi connectivity index (χ2n) is 6.57. The number of benzene rings is 2. The highest BCUT2D eigenvalue weighted by Crippen LogP contribution is 2.11. The first-order valence-electron chi connectivity index (χ1n) is 9.06. The summed E-state index contributed by atoms with van der Waals surface area (Å²) in [5, 5.41) is 10.2. The number of carbonyl (C=O) groups excluding carboxylic acids is 1. The van der Waals surface area contributed by atoms with Gasteiger partial charge in [0.25, 0.3) is 0 Å². The van der Waals surface area contributed by atoms with Gasteiger partial charge in [-0.3, -0.25) is 9.79 Å². The molecule has 0 aliphatic rings. The van der Waals surface area contributed by atoms with E-state index in [2.05, 4.69) is 27.0 Å². The number of nitrogens with one attached hydrogen (secondary N) is 3. The normalized spacial score (nSPS) is 11.4. The van der Waals surface area contributed by atoms with E-state index in [9.17, 15) is 4.79 Å². The molecule has 0 aliphatic carbocycles. The van der Waals surface area contributed by atoms with E-state index < -0.39 is 0 Å². The van der Waals surface area contributed by atoms with Crippen LogP contribution in [0.5, 0.6) is 0 Å². The van der Waals surface area contributed by atoms with Gasteiger partial charge >= 0.3 is 0 Å². The summed E-state index contributed by atoms with van der Waals surface area (Å²) in [6, 6.07) is 15.7. The van der Waals surface area contributed by atoms with Gasteiger partial charge in [-0.15, -0.1) is 0 Å². The van der Waals surface area contributed by atoms with Crippen LogP contribution in [-0.4, -0.2) is 25.5 Å². The summed E-state index contributed by atoms with van der Waals surface area (Å²) >= 11 is 6.01. The van der Waals surface area contributed by atoms with Crippen LogP contribution in [-0.2, 0) is 17.8 Å². The average molecular weight is 387 g/mol. The molecule has 0 bridgehead atoms. The minimum Gasteiger partial charge on any atom is -0.356 e. The first-order valence-corrected chi connectivity index (χ1v) is 9.44. The minimum absolute atomic E-state index is 0.0187. The van der Waals surface area contributed by atoms with Crippen molar-refractivity contribution in [2.45, 2.75) is 26.8 Å². The van der Waals surface area contributed by atoms with E-state index in [1.54, 1.807) is 7.05 Å². The minimum atomic E-state index is -0.0346. The van der Waals surface area contributed by atoms with Gasteiger partial charge in [0.2, 0.25) is 5.91 Å². The van der Waals surface area contributed by atoms with E-state index in [1.165, 1.54) is 5.56 Å². The predicted octanol–water partition coefficient (Wildman–Crippen LogP) is 3.84. The molecule has 0 unspecified atom stereocenters. The number of aliphatic imine (C=N–C) groups is 1. The zero-order chi connectivity index (χ0) is 19.6. The molecule has 3 N–H and O–H groups in total. The maximum atomic E-state index is 11.7. The molecule has 0 saturated heterocycles. The molecule has 1 amide bonds. The van der Waals surface area contributed by atoms with Crippen molar-refractivity contribution in [1.82, 2.24) is 10.6 Å². The Labute approximate surface area is 166 Å². The molecule has 0 atom stereocenters. The molecule has 0 aromatic heterocycles. The Morgan fingerprint density at radius 1 is 1.07 bits per heavy atom. The highest BCUT2D eigenvalue weighted by molar-refractivity contribution is 6.30. The summed E-state index contributed by atoms with van der Waals surface area (Å²) < 4.78 is 0. The fraction of sp³-hybridized carbons (Fsp3) is 0.333. The second-order valence-corrected chi connectivity index (χ2v) is 7.01. The summed E-state index contributed by atoms with van der Waals surface area (Å²) in [4.78, 5) is 16.0. The number of anilines is 1. The van der Waals surface area contributed by atoms with Crippen LogP contribution in [0.1, 0.15) is 25.0 Å². The Kier molecular flexibility index (Phi) is 8.14. The lowest BCUT2D eigenvalue weighted by molar-refractivity contribution is -0.118. The van der Waals surface area contributed by atoms with Crippen LogP contribution in [0.2, 0.25) is 5.02 Å². The Balaban J connectivity index is 1.77. The molecule has 0 spiro atoms. The maximum Gasteiger partial charge on any atom is 0.226 e. The first kappa shape index (κ1) is 20.8. The van der Waals surface area contributed by atoms with Crippen LogP contribution in [0.3, 0.4) is 0 Å². The summed E-state index contributed by atoms with van der Waals surface area (Å²) in [6.45, 7) is 5.16. The van der Waals surface area contributed by atoms with Gasteiger partial charge in [-0.25, -0.2) is 0 Å². The number of rotatable bonds is 7. The lowest BCUT2D eigenvalue weighted by Crippen LogP contribution is -2.37. The van der Waals surface area contributed by atoms with Gasteiger partial charge < -0.3 is 16.0 Å². The van der Waals surface area contributed by atoms with Gasteiger partial charge in [-0.1, -0.05) is 49.7 Å². The lowest BCUT2D eigenvalue weighted by Gasteiger charge is -2.13. The number of hydrogen-bond donors (Lipinski definition) is 3. The van der Waals surface area contributed by atoms with E-state index in [1.807, 2.05) is 56.3 Å². The van der Waals surface area contributed by atoms with Crippen molar-refractivity contribution in [2.75, 3.05) is 18.9 Å². The van der Waals surface area contributed by atoms with Gasteiger partial charge in [0, 0.05) is 36.8 Å². The predicted molar refractivity (Wildman–Crippen MR) is 113 cm³/mol. The van der Waals surface area contributed by atoms with Crippen LogP contribution in [0.25, 0.3) is 0 Å². The molecule has 144 valence electrons. The fourth-order valence-electron chi connectivity index (χ4n) is 2.42. The molecule has 0 aliphatic heterocycles. The van der Waals surface area contributed by atoms with E-state index in [0.717, 1.165) is 35.2 Å². The highest BCUT2D eigenvalue weighted by Gasteiger charge is 2.06. The van der Waals surface area contributed by atoms with Crippen molar-refractivity contribution in [2.24, 2.45) is 10.9 Å². The van der Waals surface area contributed by atoms with Gasteiger partial charge in [-0.05, 0) is 41.8 Å². The molecule has 2 aromatic carbocycles. The van der Waals surface area contributed by atoms with E-state index >= 15 is 0 Å². The Hall–Kier alpha value is -2.53. The van der Waals surface area contributed by atoms with Crippen LogP contribution in [0.4, 0.5) is 5.69 Å². The summed E-state index contributed by atoms with van der Waals surface area (Å²) in [7, 11) is 1.75. The van der Waals surface area contributed by atoms with Gasteiger partial charge in [-0.2, -0.15) is 0 Å². The second kappa shape index (κ2) is 10.6. The van der Waals surface area contributed by atoms with Crippen molar-refractivity contribution >= 4 is 29.2 Å². The van der Waals surface area contributed by atoms with Crippen molar-refractivity contribution in [3.63, 3.8) is 0 Å².